The highest BCUT2D eigenvalue weighted by molar-refractivity contribution is 5.91. The minimum absolute atomic E-state index is 0.0456. The molecular formula is C22H30F2N2O7. The number of amides is 2. The smallest absolute Gasteiger partial charge is 0.264 e. The summed E-state index contributed by atoms with van der Waals surface area (Å²) in [6.07, 6.45) is -7.48. The molecule has 2 rings (SSSR count). The van der Waals surface area contributed by atoms with Crippen molar-refractivity contribution in [2.24, 2.45) is 0 Å². The molecule has 9 nitrogen and oxygen atoms in total. The molecule has 0 aliphatic carbocycles. The standard InChI is InChI=1S/C22H30F2N2O7/c1-11(28)4-3-5-18(30)26-14-7-6-13(15(9-14)22(23)24)8-16-19(25-12(2)29)21(32)20(31)17(10-27)33-16/h6-7,9,16-17,19-22,27,31-32H,3-5,8,10H2,1-2H3,(H,25,29)(H,26,30)/t16-,17?,19?,20+,21+/m0/s1. The average Bonchev–Trinajstić information content (AvgIpc) is 2.73. The fourth-order valence-electron chi connectivity index (χ4n) is 3.78. The quantitative estimate of drug-likeness (QED) is 0.339. The highest BCUT2D eigenvalue weighted by Gasteiger charge is 2.44. The molecule has 33 heavy (non-hydrogen) atoms. The highest BCUT2D eigenvalue weighted by atomic mass is 19.3. The monoisotopic (exact) mass is 472 g/mol. The van der Waals surface area contributed by atoms with Crippen LogP contribution in [0.5, 0.6) is 0 Å². The van der Waals surface area contributed by atoms with Crippen molar-refractivity contribution in [3.8, 4) is 0 Å². The number of hydrogen-bond donors (Lipinski definition) is 5. The number of halogens is 2. The van der Waals surface area contributed by atoms with Crippen LogP contribution in [-0.2, 0) is 25.5 Å². The Balaban J connectivity index is 2.21. The third kappa shape index (κ3) is 7.53. The van der Waals surface area contributed by atoms with E-state index in [1.807, 2.05) is 0 Å². The molecule has 1 fully saturated rings. The van der Waals surface area contributed by atoms with Gasteiger partial charge in [0, 0.05) is 37.4 Å². The van der Waals surface area contributed by atoms with Crippen LogP contribution in [0.15, 0.2) is 18.2 Å². The van der Waals surface area contributed by atoms with Gasteiger partial charge in [0.2, 0.25) is 11.8 Å². The van der Waals surface area contributed by atoms with Gasteiger partial charge in [0.05, 0.1) is 18.8 Å². The number of Topliss-reactive ketones (excluding diaryl/α,β-unsaturated/α-hetero) is 1. The highest BCUT2D eigenvalue weighted by Crippen LogP contribution is 2.30. The minimum Gasteiger partial charge on any atom is -0.394 e. The number of ether oxygens (including phenoxy) is 1. The maximum Gasteiger partial charge on any atom is 0.264 e. The van der Waals surface area contributed by atoms with E-state index in [1.165, 1.54) is 26.0 Å². The van der Waals surface area contributed by atoms with E-state index in [-0.39, 0.29) is 41.9 Å². The van der Waals surface area contributed by atoms with Gasteiger partial charge in [-0.25, -0.2) is 8.78 Å². The molecule has 0 spiro atoms. The molecule has 184 valence electrons. The summed E-state index contributed by atoms with van der Waals surface area (Å²) < 4.78 is 33.2. The lowest BCUT2D eigenvalue weighted by molar-refractivity contribution is -0.194. The second kappa shape index (κ2) is 12.1. The van der Waals surface area contributed by atoms with Crippen molar-refractivity contribution in [1.82, 2.24) is 5.32 Å². The summed E-state index contributed by atoms with van der Waals surface area (Å²) in [6.45, 7) is 2.01. The summed E-state index contributed by atoms with van der Waals surface area (Å²) in [6, 6.07) is 2.86. The molecule has 11 heteroatoms. The van der Waals surface area contributed by atoms with Gasteiger partial charge in [0.15, 0.2) is 0 Å². The third-order valence-electron chi connectivity index (χ3n) is 5.42. The third-order valence-corrected chi connectivity index (χ3v) is 5.42. The van der Waals surface area contributed by atoms with E-state index in [0.29, 0.717) is 6.42 Å². The summed E-state index contributed by atoms with van der Waals surface area (Å²) in [5, 5.41) is 34.9. The Hall–Kier alpha value is -2.47. The number of aliphatic hydroxyl groups is 3. The topological polar surface area (TPSA) is 145 Å². The lowest BCUT2D eigenvalue weighted by atomic mass is 9.88. The molecule has 1 aromatic rings. The van der Waals surface area contributed by atoms with Gasteiger partial charge < -0.3 is 35.5 Å². The van der Waals surface area contributed by atoms with E-state index in [1.54, 1.807) is 0 Å². The van der Waals surface area contributed by atoms with Crippen molar-refractivity contribution < 1.29 is 43.2 Å². The van der Waals surface area contributed by atoms with Crippen LogP contribution in [0.2, 0.25) is 0 Å². The zero-order chi connectivity index (χ0) is 24.7. The van der Waals surface area contributed by atoms with E-state index in [0.717, 1.165) is 6.07 Å². The number of nitrogens with one attached hydrogen (secondary N) is 2. The molecule has 1 aliphatic heterocycles. The van der Waals surface area contributed by atoms with Crippen LogP contribution in [0.25, 0.3) is 0 Å². The first-order valence-electron chi connectivity index (χ1n) is 10.6. The first-order chi connectivity index (χ1) is 15.5. The van der Waals surface area contributed by atoms with Crippen molar-refractivity contribution in [3.05, 3.63) is 29.3 Å². The van der Waals surface area contributed by atoms with Gasteiger partial charge in [-0.2, -0.15) is 0 Å². The summed E-state index contributed by atoms with van der Waals surface area (Å²) in [7, 11) is 0. The molecule has 2 unspecified atom stereocenters. The summed E-state index contributed by atoms with van der Waals surface area (Å²) in [4.78, 5) is 34.5. The number of carbonyl (C=O) groups is 3. The number of rotatable bonds is 10. The Morgan fingerprint density at radius 3 is 2.36 bits per heavy atom. The van der Waals surface area contributed by atoms with Crippen LogP contribution in [0, 0.1) is 0 Å². The Bertz CT molecular complexity index is 852. The number of ketones is 1. The lowest BCUT2D eigenvalue weighted by Crippen LogP contribution is -2.64. The molecular weight excluding hydrogens is 442 g/mol. The van der Waals surface area contributed by atoms with Crippen molar-refractivity contribution >= 4 is 23.3 Å². The van der Waals surface area contributed by atoms with Gasteiger partial charge in [0.25, 0.3) is 6.43 Å². The van der Waals surface area contributed by atoms with Crippen molar-refractivity contribution in [2.75, 3.05) is 11.9 Å². The number of carbonyl (C=O) groups excluding carboxylic acids is 3. The van der Waals surface area contributed by atoms with Gasteiger partial charge in [-0.3, -0.25) is 9.59 Å². The Morgan fingerprint density at radius 2 is 1.79 bits per heavy atom. The molecule has 1 heterocycles. The molecule has 0 aromatic heterocycles. The summed E-state index contributed by atoms with van der Waals surface area (Å²) in [5.74, 6) is -0.969. The molecule has 1 aliphatic rings. The molecule has 2 amide bonds. The van der Waals surface area contributed by atoms with Gasteiger partial charge in [-0.1, -0.05) is 6.07 Å². The number of alkyl halides is 2. The zero-order valence-electron chi connectivity index (χ0n) is 18.5. The maximum absolute atomic E-state index is 13.8. The van der Waals surface area contributed by atoms with Crippen LogP contribution in [-0.4, -0.2) is 70.0 Å². The molecule has 5 N–H and O–H groups in total. The van der Waals surface area contributed by atoms with Crippen LogP contribution < -0.4 is 10.6 Å². The van der Waals surface area contributed by atoms with Gasteiger partial charge in [0.1, 0.15) is 24.1 Å². The van der Waals surface area contributed by atoms with Crippen LogP contribution >= 0.6 is 0 Å². The predicted molar refractivity (Wildman–Crippen MR) is 114 cm³/mol. The molecule has 1 aromatic carbocycles. The molecule has 0 bridgehead atoms. The second-order valence-electron chi connectivity index (χ2n) is 8.13. The SMILES string of the molecule is CC(=O)CCCC(=O)Nc1ccc(C[C@@H]2OC(CO)[C@@H](O)[C@H](O)C2NC(C)=O)c(C(F)F)c1. The Kier molecular flexibility index (Phi) is 9.84. The summed E-state index contributed by atoms with van der Waals surface area (Å²) in [5.41, 5.74) is -0.0587. The van der Waals surface area contributed by atoms with Crippen LogP contribution in [0.1, 0.15) is 50.7 Å². The van der Waals surface area contributed by atoms with Crippen LogP contribution in [0.4, 0.5) is 14.5 Å². The van der Waals surface area contributed by atoms with E-state index < -0.39 is 55.3 Å². The largest absolute Gasteiger partial charge is 0.394 e. The normalized spacial score (nSPS) is 25.0. The fourth-order valence-corrected chi connectivity index (χ4v) is 3.78. The fraction of sp³-hybridized carbons (Fsp3) is 0.591. The first-order valence-corrected chi connectivity index (χ1v) is 10.6. The molecule has 1 saturated heterocycles. The van der Waals surface area contributed by atoms with E-state index in [4.69, 9.17) is 4.74 Å². The van der Waals surface area contributed by atoms with E-state index >= 15 is 0 Å². The molecule has 5 atom stereocenters. The lowest BCUT2D eigenvalue weighted by Gasteiger charge is -2.43. The first kappa shape index (κ1) is 26.8. The minimum atomic E-state index is -2.89. The number of anilines is 1. The van der Waals surface area contributed by atoms with Crippen molar-refractivity contribution in [1.29, 1.82) is 0 Å². The maximum atomic E-state index is 13.8. The number of benzene rings is 1. The summed E-state index contributed by atoms with van der Waals surface area (Å²) >= 11 is 0. The Morgan fingerprint density at radius 1 is 1.09 bits per heavy atom. The van der Waals surface area contributed by atoms with Gasteiger partial charge in [-0.15, -0.1) is 0 Å². The van der Waals surface area contributed by atoms with E-state index in [9.17, 15) is 38.5 Å². The van der Waals surface area contributed by atoms with Crippen molar-refractivity contribution in [2.45, 2.75) is 76.4 Å². The Labute approximate surface area is 190 Å². The predicted octanol–water partition coefficient (Wildman–Crippen LogP) is 0.851. The zero-order valence-corrected chi connectivity index (χ0v) is 18.5. The van der Waals surface area contributed by atoms with Gasteiger partial charge >= 0.3 is 0 Å². The number of aliphatic hydroxyl groups excluding tert-OH is 3. The van der Waals surface area contributed by atoms with E-state index in [2.05, 4.69) is 10.6 Å². The second-order valence-corrected chi connectivity index (χ2v) is 8.13. The average molecular weight is 472 g/mol. The van der Waals surface area contributed by atoms with Crippen LogP contribution in [0.3, 0.4) is 0 Å². The number of hydrogen-bond acceptors (Lipinski definition) is 7. The van der Waals surface area contributed by atoms with Gasteiger partial charge in [-0.05, 0) is 31.0 Å². The van der Waals surface area contributed by atoms with Crippen molar-refractivity contribution in [3.63, 3.8) is 0 Å². The molecule has 0 radical (unpaired) electrons. The molecule has 0 saturated carbocycles.